The van der Waals surface area contributed by atoms with Crippen molar-refractivity contribution in [3.63, 3.8) is 0 Å². The lowest BCUT2D eigenvalue weighted by Gasteiger charge is -2.06. The molecular formula is C16H14ClN3O3. The van der Waals surface area contributed by atoms with E-state index in [-0.39, 0.29) is 19.2 Å². The first-order valence-electron chi connectivity index (χ1n) is 6.92. The van der Waals surface area contributed by atoms with Crippen LogP contribution in [-0.2, 0) is 4.79 Å². The molecular weight excluding hydrogens is 318 g/mol. The van der Waals surface area contributed by atoms with Gasteiger partial charge in [-0.1, -0.05) is 23.7 Å². The van der Waals surface area contributed by atoms with Gasteiger partial charge in [-0.05, 0) is 29.8 Å². The van der Waals surface area contributed by atoms with Gasteiger partial charge in [-0.3, -0.25) is 4.79 Å². The average Bonchev–Trinajstić information content (AvgIpc) is 3.02. The molecule has 0 unspecified atom stereocenters. The monoisotopic (exact) mass is 331 g/mol. The molecule has 1 aliphatic heterocycles. The van der Waals surface area contributed by atoms with E-state index in [1.165, 1.54) is 0 Å². The molecule has 7 heteroatoms. The third-order valence-corrected chi connectivity index (χ3v) is 3.35. The number of hydrogen-bond acceptors (Lipinski definition) is 5. The van der Waals surface area contributed by atoms with Gasteiger partial charge in [0.1, 0.15) is 0 Å². The smallest absolute Gasteiger partial charge is 0.259 e. The predicted octanol–water partition coefficient (Wildman–Crippen LogP) is 2.63. The second kappa shape index (κ2) is 7.02. The lowest BCUT2D eigenvalue weighted by Crippen LogP contribution is -2.25. The molecule has 0 bridgehead atoms. The maximum absolute atomic E-state index is 11.7. The van der Waals surface area contributed by atoms with E-state index in [2.05, 4.69) is 15.8 Å². The van der Waals surface area contributed by atoms with Crippen LogP contribution in [0.15, 0.2) is 47.6 Å². The molecule has 2 aromatic carbocycles. The Bertz CT molecular complexity index is 732. The van der Waals surface area contributed by atoms with Crippen molar-refractivity contribution >= 4 is 29.4 Å². The van der Waals surface area contributed by atoms with Gasteiger partial charge in [-0.2, -0.15) is 5.10 Å². The van der Waals surface area contributed by atoms with Gasteiger partial charge in [0.25, 0.3) is 5.91 Å². The first-order chi connectivity index (χ1) is 11.2. The van der Waals surface area contributed by atoms with Gasteiger partial charge in [0.2, 0.25) is 6.79 Å². The Morgan fingerprint density at radius 2 is 1.96 bits per heavy atom. The second-order valence-electron chi connectivity index (χ2n) is 4.77. The number of nitrogens with one attached hydrogen (secondary N) is 2. The molecule has 2 N–H and O–H groups in total. The molecule has 1 heterocycles. The van der Waals surface area contributed by atoms with E-state index in [4.69, 9.17) is 21.1 Å². The summed E-state index contributed by atoms with van der Waals surface area (Å²) in [6.07, 6.45) is 1.55. The number of fused-ring (bicyclic) bond motifs is 1. The predicted molar refractivity (Wildman–Crippen MR) is 88.2 cm³/mol. The molecule has 0 aromatic heterocycles. The molecule has 0 saturated heterocycles. The number of ether oxygens (including phenoxy) is 2. The minimum Gasteiger partial charge on any atom is -0.454 e. The number of hydrazone groups is 1. The van der Waals surface area contributed by atoms with Crippen LogP contribution in [0.25, 0.3) is 0 Å². The topological polar surface area (TPSA) is 72.0 Å². The van der Waals surface area contributed by atoms with Crippen LogP contribution in [0.2, 0.25) is 5.02 Å². The van der Waals surface area contributed by atoms with Gasteiger partial charge in [0, 0.05) is 16.8 Å². The zero-order valence-electron chi connectivity index (χ0n) is 12.1. The maximum atomic E-state index is 11.7. The SMILES string of the molecule is O=C(CNc1ccc2c(c1)OCO2)N/N=C\c1ccc(Cl)cc1. The van der Waals surface area contributed by atoms with Crippen molar-refractivity contribution < 1.29 is 14.3 Å². The summed E-state index contributed by atoms with van der Waals surface area (Å²) >= 11 is 5.79. The molecule has 0 fully saturated rings. The quantitative estimate of drug-likeness (QED) is 0.652. The van der Waals surface area contributed by atoms with Crippen LogP contribution in [0.3, 0.4) is 0 Å². The highest BCUT2D eigenvalue weighted by Gasteiger charge is 2.13. The summed E-state index contributed by atoms with van der Waals surface area (Å²) < 4.78 is 10.5. The number of halogens is 1. The summed E-state index contributed by atoms with van der Waals surface area (Å²) in [5.74, 6) is 1.11. The van der Waals surface area contributed by atoms with E-state index in [0.717, 1.165) is 11.3 Å². The van der Waals surface area contributed by atoms with E-state index in [9.17, 15) is 4.79 Å². The largest absolute Gasteiger partial charge is 0.454 e. The summed E-state index contributed by atoms with van der Waals surface area (Å²) in [6.45, 7) is 0.316. The van der Waals surface area contributed by atoms with Gasteiger partial charge in [0.05, 0.1) is 12.8 Å². The molecule has 0 saturated carbocycles. The molecule has 0 aliphatic carbocycles. The summed E-state index contributed by atoms with van der Waals surface area (Å²) in [5.41, 5.74) is 4.06. The summed E-state index contributed by atoms with van der Waals surface area (Å²) in [4.78, 5) is 11.7. The number of carbonyl (C=O) groups is 1. The molecule has 6 nitrogen and oxygen atoms in total. The van der Waals surface area contributed by atoms with Crippen LogP contribution >= 0.6 is 11.6 Å². The minimum absolute atomic E-state index is 0.0948. The minimum atomic E-state index is -0.257. The fraction of sp³-hybridized carbons (Fsp3) is 0.125. The normalized spacial score (nSPS) is 12.4. The van der Waals surface area contributed by atoms with Crippen LogP contribution in [0.4, 0.5) is 5.69 Å². The molecule has 2 aromatic rings. The van der Waals surface area contributed by atoms with E-state index >= 15 is 0 Å². The Morgan fingerprint density at radius 1 is 1.17 bits per heavy atom. The second-order valence-corrected chi connectivity index (χ2v) is 5.20. The highest BCUT2D eigenvalue weighted by molar-refractivity contribution is 6.30. The van der Waals surface area contributed by atoms with Crippen LogP contribution < -0.4 is 20.2 Å². The molecule has 0 spiro atoms. The number of rotatable bonds is 5. The zero-order valence-corrected chi connectivity index (χ0v) is 12.8. The van der Waals surface area contributed by atoms with Crippen molar-refractivity contribution in [2.45, 2.75) is 0 Å². The lowest BCUT2D eigenvalue weighted by atomic mass is 10.2. The van der Waals surface area contributed by atoms with Crippen LogP contribution in [0.5, 0.6) is 11.5 Å². The first kappa shape index (κ1) is 15.2. The zero-order chi connectivity index (χ0) is 16.1. The Kier molecular flexibility index (Phi) is 4.63. The first-order valence-corrected chi connectivity index (χ1v) is 7.29. The number of benzene rings is 2. The summed E-state index contributed by atoms with van der Waals surface area (Å²) in [7, 11) is 0. The molecule has 23 heavy (non-hydrogen) atoms. The Labute approximate surface area is 138 Å². The Balaban J connectivity index is 1.47. The van der Waals surface area contributed by atoms with Gasteiger partial charge >= 0.3 is 0 Å². The van der Waals surface area contributed by atoms with E-state index in [1.807, 2.05) is 18.2 Å². The molecule has 0 atom stereocenters. The van der Waals surface area contributed by atoms with Crippen LogP contribution in [-0.4, -0.2) is 25.5 Å². The molecule has 118 valence electrons. The Morgan fingerprint density at radius 3 is 2.78 bits per heavy atom. The van der Waals surface area contributed by atoms with Crippen molar-refractivity contribution in [2.24, 2.45) is 5.10 Å². The number of amides is 1. The number of carbonyl (C=O) groups excluding carboxylic acids is 1. The lowest BCUT2D eigenvalue weighted by molar-refractivity contribution is -0.119. The van der Waals surface area contributed by atoms with Crippen molar-refractivity contribution in [3.8, 4) is 11.5 Å². The summed E-state index contributed by atoms with van der Waals surface area (Å²) in [6, 6.07) is 12.5. The van der Waals surface area contributed by atoms with Gasteiger partial charge in [-0.25, -0.2) is 5.43 Å². The molecule has 3 rings (SSSR count). The fourth-order valence-corrected chi connectivity index (χ4v) is 2.08. The number of nitrogens with zero attached hydrogens (tertiary/aromatic N) is 1. The molecule has 1 aliphatic rings. The molecule has 0 radical (unpaired) electrons. The van der Waals surface area contributed by atoms with E-state index < -0.39 is 0 Å². The highest BCUT2D eigenvalue weighted by atomic mass is 35.5. The third kappa shape index (κ3) is 4.14. The third-order valence-electron chi connectivity index (χ3n) is 3.10. The average molecular weight is 332 g/mol. The Hall–Kier alpha value is -2.73. The van der Waals surface area contributed by atoms with Gasteiger partial charge < -0.3 is 14.8 Å². The van der Waals surface area contributed by atoms with Gasteiger partial charge in [-0.15, -0.1) is 0 Å². The van der Waals surface area contributed by atoms with Crippen LogP contribution in [0, 0.1) is 0 Å². The standard InChI is InChI=1S/C16H14ClN3O3/c17-12-3-1-11(2-4-12)8-19-20-16(21)9-18-13-5-6-14-15(7-13)23-10-22-14/h1-8,18H,9-10H2,(H,20,21)/b19-8-. The maximum Gasteiger partial charge on any atom is 0.259 e. The highest BCUT2D eigenvalue weighted by Crippen LogP contribution is 2.34. The van der Waals surface area contributed by atoms with Crippen molar-refractivity contribution in [2.75, 3.05) is 18.7 Å². The van der Waals surface area contributed by atoms with E-state index in [1.54, 1.807) is 30.5 Å². The number of anilines is 1. The van der Waals surface area contributed by atoms with Crippen molar-refractivity contribution in [1.29, 1.82) is 0 Å². The van der Waals surface area contributed by atoms with Crippen LogP contribution in [0.1, 0.15) is 5.56 Å². The fourth-order valence-electron chi connectivity index (χ4n) is 1.96. The van der Waals surface area contributed by atoms with E-state index in [0.29, 0.717) is 16.5 Å². The van der Waals surface area contributed by atoms with Crippen molar-refractivity contribution in [1.82, 2.24) is 5.43 Å². The van der Waals surface area contributed by atoms with Crippen molar-refractivity contribution in [3.05, 3.63) is 53.1 Å². The summed E-state index contributed by atoms with van der Waals surface area (Å²) in [5, 5.41) is 7.53. The number of hydrogen-bond donors (Lipinski definition) is 2. The molecule has 1 amide bonds. The van der Waals surface area contributed by atoms with Gasteiger partial charge in [0.15, 0.2) is 11.5 Å².